The molecule has 1 aromatic heterocycles. The van der Waals surface area contributed by atoms with E-state index >= 15 is 0 Å². The number of aliphatic hydroxyl groups excluding tert-OH is 1. The Labute approximate surface area is 133 Å². The Morgan fingerprint density at radius 1 is 1.32 bits per heavy atom. The highest BCUT2D eigenvalue weighted by molar-refractivity contribution is 5.86. The van der Waals surface area contributed by atoms with Gasteiger partial charge in [-0.1, -0.05) is 26.3 Å². The Balaban J connectivity index is 1.90. The molecule has 1 atom stereocenters. The fourth-order valence-electron chi connectivity index (χ4n) is 2.69. The zero-order valence-electron chi connectivity index (χ0n) is 13.9. The molecule has 2 rings (SSSR count). The Bertz CT molecular complexity index is 579. The summed E-state index contributed by atoms with van der Waals surface area (Å²) >= 11 is 0. The smallest absolute Gasteiger partial charge is 0.128 e. The van der Waals surface area contributed by atoms with Gasteiger partial charge in [-0.05, 0) is 44.6 Å². The monoisotopic (exact) mass is 304 g/mol. The number of aromatic nitrogens is 1. The molecule has 2 aromatic rings. The van der Waals surface area contributed by atoms with E-state index in [4.69, 9.17) is 4.74 Å². The van der Waals surface area contributed by atoms with Crippen LogP contribution in [-0.2, 0) is 0 Å². The van der Waals surface area contributed by atoms with E-state index in [0.29, 0.717) is 13.2 Å². The molecule has 0 radical (unpaired) electrons. The normalized spacial score (nSPS) is 13.0. The van der Waals surface area contributed by atoms with Crippen LogP contribution >= 0.6 is 0 Å². The second kappa shape index (κ2) is 8.20. The van der Waals surface area contributed by atoms with E-state index in [1.54, 1.807) is 0 Å². The molecule has 0 aliphatic carbocycles. The molecule has 4 heteroatoms. The van der Waals surface area contributed by atoms with Gasteiger partial charge in [0.2, 0.25) is 0 Å². The number of hydrogen-bond donors (Lipinski definition) is 2. The van der Waals surface area contributed by atoms with Crippen LogP contribution in [0.5, 0.6) is 5.75 Å². The molecule has 1 aromatic carbocycles. The van der Waals surface area contributed by atoms with Gasteiger partial charge < -0.3 is 19.7 Å². The van der Waals surface area contributed by atoms with Crippen molar-refractivity contribution in [2.45, 2.75) is 39.7 Å². The summed E-state index contributed by atoms with van der Waals surface area (Å²) in [5.41, 5.74) is 2.19. The van der Waals surface area contributed by atoms with Gasteiger partial charge in [0.1, 0.15) is 18.5 Å². The van der Waals surface area contributed by atoms with Crippen molar-refractivity contribution in [3.63, 3.8) is 0 Å². The summed E-state index contributed by atoms with van der Waals surface area (Å²) in [5, 5.41) is 11.3. The summed E-state index contributed by atoms with van der Waals surface area (Å²) in [6, 6.07) is 8.04. The van der Waals surface area contributed by atoms with Crippen LogP contribution in [-0.4, -0.2) is 47.3 Å². The van der Waals surface area contributed by atoms with Gasteiger partial charge >= 0.3 is 0 Å². The van der Waals surface area contributed by atoms with E-state index in [1.807, 2.05) is 25.1 Å². The largest absolute Gasteiger partial charge is 0.490 e. The Hall–Kier alpha value is -1.52. The number of likely N-dealkylation sites (N-methyl/N-ethyl adjacent to an activating group) is 1. The average Bonchev–Trinajstić information content (AvgIpc) is 2.90. The summed E-state index contributed by atoms with van der Waals surface area (Å²) in [6.07, 6.45) is 1.88. The molecule has 0 spiro atoms. The third-order valence-electron chi connectivity index (χ3n) is 3.93. The van der Waals surface area contributed by atoms with Crippen molar-refractivity contribution < 1.29 is 9.84 Å². The maximum absolute atomic E-state index is 10.2. The van der Waals surface area contributed by atoms with Crippen molar-refractivity contribution >= 4 is 10.9 Å². The molecule has 2 N–H and O–H groups in total. The minimum absolute atomic E-state index is 0.325. The number of aryl methyl sites for hydroxylation is 1. The highest BCUT2D eigenvalue weighted by Gasteiger charge is 2.12. The molecule has 0 aliphatic heterocycles. The number of rotatable bonds is 9. The predicted molar refractivity (Wildman–Crippen MR) is 91.6 cm³/mol. The van der Waals surface area contributed by atoms with Crippen LogP contribution in [0.15, 0.2) is 24.3 Å². The SMILES string of the molecule is CCCCN(CC)CC(O)COc1cccc2[nH]c(C)cc12. The highest BCUT2D eigenvalue weighted by atomic mass is 16.5. The van der Waals surface area contributed by atoms with Crippen LogP contribution in [0.3, 0.4) is 0 Å². The topological polar surface area (TPSA) is 48.5 Å². The summed E-state index contributed by atoms with van der Waals surface area (Å²) in [5.74, 6) is 0.831. The summed E-state index contributed by atoms with van der Waals surface area (Å²) in [7, 11) is 0. The number of ether oxygens (including phenoxy) is 1. The molecule has 0 amide bonds. The lowest BCUT2D eigenvalue weighted by atomic mass is 10.2. The van der Waals surface area contributed by atoms with Crippen molar-refractivity contribution in [2.75, 3.05) is 26.2 Å². The summed E-state index contributed by atoms with van der Waals surface area (Å²) in [6.45, 7) is 9.34. The summed E-state index contributed by atoms with van der Waals surface area (Å²) in [4.78, 5) is 5.58. The van der Waals surface area contributed by atoms with Crippen LogP contribution in [0.2, 0.25) is 0 Å². The first kappa shape index (κ1) is 16.8. The number of nitrogens with zero attached hydrogens (tertiary/aromatic N) is 1. The Kier molecular flexibility index (Phi) is 6.28. The second-order valence-corrected chi connectivity index (χ2v) is 5.88. The lowest BCUT2D eigenvalue weighted by Gasteiger charge is -2.23. The predicted octanol–water partition coefficient (Wildman–Crippen LogP) is 3.34. The number of benzene rings is 1. The zero-order chi connectivity index (χ0) is 15.9. The molecule has 122 valence electrons. The number of fused-ring (bicyclic) bond motifs is 1. The van der Waals surface area contributed by atoms with E-state index in [0.717, 1.165) is 35.4 Å². The maximum atomic E-state index is 10.2. The number of nitrogens with one attached hydrogen (secondary N) is 1. The van der Waals surface area contributed by atoms with E-state index in [1.165, 1.54) is 12.8 Å². The molecule has 0 saturated heterocycles. The first-order valence-corrected chi connectivity index (χ1v) is 8.25. The van der Waals surface area contributed by atoms with Crippen LogP contribution in [0.25, 0.3) is 10.9 Å². The van der Waals surface area contributed by atoms with Crippen LogP contribution in [0.4, 0.5) is 0 Å². The Morgan fingerprint density at radius 3 is 2.86 bits per heavy atom. The lowest BCUT2D eigenvalue weighted by Crippen LogP contribution is -2.36. The van der Waals surface area contributed by atoms with E-state index in [2.05, 4.69) is 29.8 Å². The third-order valence-corrected chi connectivity index (χ3v) is 3.93. The zero-order valence-corrected chi connectivity index (χ0v) is 13.9. The number of hydrogen-bond acceptors (Lipinski definition) is 3. The van der Waals surface area contributed by atoms with Gasteiger partial charge in [0.25, 0.3) is 0 Å². The standard InChI is InChI=1S/C18H28N2O2/c1-4-6-10-20(5-2)12-15(21)13-22-18-9-7-8-17-16(18)11-14(3)19-17/h7-9,11,15,19,21H,4-6,10,12-13H2,1-3H3. The van der Waals surface area contributed by atoms with Gasteiger partial charge in [-0.25, -0.2) is 0 Å². The first-order valence-electron chi connectivity index (χ1n) is 8.25. The quantitative estimate of drug-likeness (QED) is 0.747. The van der Waals surface area contributed by atoms with Gasteiger partial charge in [-0.3, -0.25) is 0 Å². The molecule has 0 fully saturated rings. The highest BCUT2D eigenvalue weighted by Crippen LogP contribution is 2.26. The van der Waals surface area contributed by atoms with Gasteiger partial charge in [-0.15, -0.1) is 0 Å². The molecular formula is C18H28N2O2. The van der Waals surface area contributed by atoms with Crippen molar-refractivity contribution in [3.05, 3.63) is 30.0 Å². The minimum atomic E-state index is -0.466. The van der Waals surface area contributed by atoms with Crippen LogP contribution in [0.1, 0.15) is 32.4 Å². The summed E-state index contributed by atoms with van der Waals surface area (Å²) < 4.78 is 5.85. The van der Waals surface area contributed by atoms with E-state index in [-0.39, 0.29) is 0 Å². The molecular weight excluding hydrogens is 276 g/mol. The van der Waals surface area contributed by atoms with Crippen molar-refractivity contribution in [1.82, 2.24) is 9.88 Å². The van der Waals surface area contributed by atoms with E-state index < -0.39 is 6.10 Å². The molecule has 0 aliphatic rings. The fraction of sp³-hybridized carbons (Fsp3) is 0.556. The van der Waals surface area contributed by atoms with Crippen LogP contribution in [0, 0.1) is 6.92 Å². The van der Waals surface area contributed by atoms with E-state index in [9.17, 15) is 5.11 Å². The molecule has 0 saturated carbocycles. The minimum Gasteiger partial charge on any atom is -0.490 e. The third kappa shape index (κ3) is 4.49. The maximum Gasteiger partial charge on any atom is 0.128 e. The van der Waals surface area contributed by atoms with Crippen molar-refractivity contribution in [3.8, 4) is 5.75 Å². The Morgan fingerprint density at radius 2 is 2.14 bits per heavy atom. The molecule has 0 bridgehead atoms. The fourth-order valence-corrected chi connectivity index (χ4v) is 2.69. The average molecular weight is 304 g/mol. The van der Waals surface area contributed by atoms with Crippen molar-refractivity contribution in [1.29, 1.82) is 0 Å². The molecule has 4 nitrogen and oxygen atoms in total. The molecule has 1 heterocycles. The van der Waals surface area contributed by atoms with Gasteiger partial charge in [0.15, 0.2) is 0 Å². The number of unbranched alkanes of at least 4 members (excludes halogenated alkanes) is 1. The van der Waals surface area contributed by atoms with Gasteiger partial charge in [-0.2, -0.15) is 0 Å². The van der Waals surface area contributed by atoms with Crippen LogP contribution < -0.4 is 4.74 Å². The number of aliphatic hydroxyl groups is 1. The van der Waals surface area contributed by atoms with Crippen molar-refractivity contribution in [2.24, 2.45) is 0 Å². The second-order valence-electron chi connectivity index (χ2n) is 5.88. The first-order chi connectivity index (χ1) is 10.6. The van der Waals surface area contributed by atoms with Gasteiger partial charge in [0, 0.05) is 23.1 Å². The van der Waals surface area contributed by atoms with Gasteiger partial charge in [0.05, 0.1) is 0 Å². The molecule has 1 unspecified atom stereocenters. The lowest BCUT2D eigenvalue weighted by molar-refractivity contribution is 0.0700. The molecule has 22 heavy (non-hydrogen) atoms. The number of H-pyrrole nitrogens is 1. The number of aromatic amines is 1.